The fourth-order valence-electron chi connectivity index (χ4n) is 3.31. The Balaban J connectivity index is 0.00000196. The van der Waals surface area contributed by atoms with Crippen LogP contribution in [0.15, 0.2) is 5.38 Å². The van der Waals surface area contributed by atoms with Gasteiger partial charge in [0.05, 0.1) is 12.1 Å². The molecule has 10 heteroatoms. The highest BCUT2D eigenvalue weighted by Gasteiger charge is 2.31. The zero-order valence-corrected chi connectivity index (χ0v) is 19.1. The number of halogens is 2. The van der Waals surface area contributed by atoms with Crippen molar-refractivity contribution < 1.29 is 9.59 Å². The number of aromatic nitrogens is 1. The topological polar surface area (TPSA) is 77.6 Å². The lowest BCUT2D eigenvalue weighted by Crippen LogP contribution is -2.49. The predicted molar refractivity (Wildman–Crippen MR) is 118 cm³/mol. The van der Waals surface area contributed by atoms with Gasteiger partial charge in [0.15, 0.2) is 5.13 Å². The molecule has 2 fully saturated rings. The van der Waals surface area contributed by atoms with E-state index in [-0.39, 0.29) is 36.6 Å². The van der Waals surface area contributed by atoms with Crippen LogP contribution < -0.4 is 10.6 Å². The van der Waals surface area contributed by atoms with Crippen molar-refractivity contribution in [3.63, 3.8) is 0 Å². The van der Waals surface area contributed by atoms with Gasteiger partial charge in [-0.05, 0) is 6.42 Å². The molecule has 2 N–H and O–H groups in total. The highest BCUT2D eigenvalue weighted by atomic mass is 35.5. The quantitative estimate of drug-likeness (QED) is 0.731. The second-order valence-corrected chi connectivity index (χ2v) is 8.95. The minimum absolute atomic E-state index is 0. The Labute approximate surface area is 183 Å². The third-order valence-corrected chi connectivity index (χ3v) is 5.78. The smallest absolute Gasteiger partial charge is 0.231 e. The lowest BCUT2D eigenvalue weighted by molar-refractivity contribution is -0.129. The van der Waals surface area contributed by atoms with E-state index in [9.17, 15) is 9.59 Å². The number of nitrogens with one attached hydrogen (secondary N) is 2. The molecule has 1 unspecified atom stereocenters. The van der Waals surface area contributed by atoms with E-state index < -0.39 is 5.41 Å². The average molecular weight is 452 g/mol. The maximum Gasteiger partial charge on any atom is 0.231 e. The predicted octanol–water partition coefficient (Wildman–Crippen LogP) is 2.02. The molecule has 0 spiro atoms. The van der Waals surface area contributed by atoms with Crippen LogP contribution in [0.25, 0.3) is 0 Å². The molecule has 1 aromatic heterocycles. The third-order valence-electron chi connectivity index (χ3n) is 4.97. The minimum Gasteiger partial charge on any atom is -0.341 e. The molecule has 2 saturated heterocycles. The summed E-state index contributed by atoms with van der Waals surface area (Å²) in [6.45, 7) is 11.4. The fraction of sp³-hybridized carbons (Fsp3) is 0.722. The summed E-state index contributed by atoms with van der Waals surface area (Å²) >= 11 is 1.37. The van der Waals surface area contributed by atoms with Crippen LogP contribution in [-0.2, 0) is 16.0 Å². The maximum absolute atomic E-state index is 12.6. The molecule has 0 aliphatic carbocycles. The monoisotopic (exact) mass is 451 g/mol. The molecule has 2 aliphatic rings. The van der Waals surface area contributed by atoms with Crippen molar-refractivity contribution in [3.8, 4) is 0 Å². The number of amides is 2. The molecule has 160 valence electrons. The minimum atomic E-state index is -0.462. The van der Waals surface area contributed by atoms with Crippen molar-refractivity contribution in [2.75, 3.05) is 44.6 Å². The standard InChI is InChI=1S/C18H29N5O2S.2ClH/c1-18(2,3)16(25)21-17-20-13(12-26-17)10-15(24)23-7-4-14(11-23)22-8-5-19-6-9-22;;/h12,14,19H,4-11H2,1-3H3,(H,20,21,25);2*1H. The van der Waals surface area contributed by atoms with Gasteiger partial charge in [-0.2, -0.15) is 0 Å². The number of piperazine rings is 1. The van der Waals surface area contributed by atoms with E-state index in [1.807, 2.05) is 31.1 Å². The normalized spacial score (nSPS) is 20.2. The Morgan fingerprint density at radius 3 is 2.57 bits per heavy atom. The van der Waals surface area contributed by atoms with Gasteiger partial charge in [0, 0.05) is 56.1 Å². The summed E-state index contributed by atoms with van der Waals surface area (Å²) in [5.74, 6) is 0.0600. The molecule has 7 nitrogen and oxygen atoms in total. The number of carbonyl (C=O) groups excluding carboxylic acids is 2. The Bertz CT molecular complexity index is 659. The van der Waals surface area contributed by atoms with Gasteiger partial charge in [-0.3, -0.25) is 14.5 Å². The van der Waals surface area contributed by atoms with E-state index in [0.29, 0.717) is 17.6 Å². The molecular formula is C18H31Cl2N5O2S. The van der Waals surface area contributed by atoms with Gasteiger partial charge in [0.2, 0.25) is 11.8 Å². The summed E-state index contributed by atoms with van der Waals surface area (Å²) < 4.78 is 0. The lowest BCUT2D eigenvalue weighted by atomic mass is 9.96. The highest BCUT2D eigenvalue weighted by molar-refractivity contribution is 7.13. The summed E-state index contributed by atoms with van der Waals surface area (Å²) in [5, 5.41) is 8.62. The fourth-order valence-corrected chi connectivity index (χ4v) is 4.02. The van der Waals surface area contributed by atoms with Crippen molar-refractivity contribution in [2.45, 2.75) is 39.7 Å². The van der Waals surface area contributed by atoms with Gasteiger partial charge in [0.1, 0.15) is 0 Å². The molecule has 0 radical (unpaired) electrons. The number of likely N-dealkylation sites (tertiary alicyclic amines) is 1. The molecule has 3 rings (SSSR count). The number of carbonyl (C=O) groups is 2. The summed E-state index contributed by atoms with van der Waals surface area (Å²) in [7, 11) is 0. The van der Waals surface area contributed by atoms with Crippen molar-refractivity contribution in [3.05, 3.63) is 11.1 Å². The molecule has 1 aromatic rings. The van der Waals surface area contributed by atoms with Gasteiger partial charge >= 0.3 is 0 Å². The van der Waals surface area contributed by atoms with Gasteiger partial charge in [0.25, 0.3) is 0 Å². The van der Waals surface area contributed by atoms with Gasteiger partial charge in [-0.15, -0.1) is 36.2 Å². The van der Waals surface area contributed by atoms with E-state index in [2.05, 4.69) is 20.5 Å². The van der Waals surface area contributed by atoms with Crippen LogP contribution in [0.3, 0.4) is 0 Å². The van der Waals surface area contributed by atoms with Crippen molar-refractivity contribution in [1.29, 1.82) is 0 Å². The summed E-state index contributed by atoms with van der Waals surface area (Å²) in [5.41, 5.74) is 0.269. The van der Waals surface area contributed by atoms with E-state index in [4.69, 9.17) is 0 Å². The SMILES string of the molecule is CC(C)(C)C(=O)Nc1nc(CC(=O)N2CCC(N3CCNCC3)C2)cs1.Cl.Cl. The molecule has 2 amide bonds. The Morgan fingerprint density at radius 1 is 1.25 bits per heavy atom. The van der Waals surface area contributed by atoms with E-state index >= 15 is 0 Å². The molecule has 28 heavy (non-hydrogen) atoms. The lowest BCUT2D eigenvalue weighted by Gasteiger charge is -2.32. The first-order valence-corrected chi connectivity index (χ1v) is 10.2. The Morgan fingerprint density at radius 2 is 1.93 bits per heavy atom. The molecule has 3 heterocycles. The summed E-state index contributed by atoms with van der Waals surface area (Å²) in [4.78, 5) is 33.5. The second kappa shape index (κ2) is 10.7. The Hall–Kier alpha value is -0.930. The zero-order valence-electron chi connectivity index (χ0n) is 16.7. The van der Waals surface area contributed by atoms with E-state index in [1.165, 1.54) is 11.3 Å². The molecule has 0 bridgehead atoms. The maximum atomic E-state index is 12.6. The number of rotatable bonds is 4. The van der Waals surface area contributed by atoms with Crippen LogP contribution in [-0.4, -0.2) is 71.9 Å². The van der Waals surface area contributed by atoms with Gasteiger partial charge in [-0.25, -0.2) is 4.98 Å². The largest absolute Gasteiger partial charge is 0.341 e. The first-order chi connectivity index (χ1) is 12.3. The van der Waals surface area contributed by atoms with Crippen LogP contribution in [0.1, 0.15) is 32.9 Å². The Kier molecular flexibility index (Phi) is 9.62. The molecule has 0 aromatic carbocycles. The summed E-state index contributed by atoms with van der Waals surface area (Å²) in [6.07, 6.45) is 1.35. The van der Waals surface area contributed by atoms with Gasteiger partial charge < -0.3 is 15.5 Å². The molecule has 0 saturated carbocycles. The molecular weight excluding hydrogens is 421 g/mol. The van der Waals surface area contributed by atoms with Crippen LogP contribution in [0.2, 0.25) is 0 Å². The number of thiazole rings is 1. The van der Waals surface area contributed by atoms with Crippen LogP contribution in [0.5, 0.6) is 0 Å². The second-order valence-electron chi connectivity index (χ2n) is 8.09. The van der Waals surface area contributed by atoms with Crippen LogP contribution >= 0.6 is 36.2 Å². The van der Waals surface area contributed by atoms with E-state index in [1.54, 1.807) is 0 Å². The number of hydrogen-bond donors (Lipinski definition) is 2. The van der Waals surface area contributed by atoms with Crippen LogP contribution in [0.4, 0.5) is 5.13 Å². The van der Waals surface area contributed by atoms with Gasteiger partial charge in [-0.1, -0.05) is 20.8 Å². The first-order valence-electron chi connectivity index (χ1n) is 9.31. The molecule has 2 aliphatic heterocycles. The van der Waals surface area contributed by atoms with E-state index in [0.717, 1.165) is 51.4 Å². The number of anilines is 1. The molecule has 1 atom stereocenters. The van der Waals surface area contributed by atoms with Crippen molar-refractivity contribution in [2.24, 2.45) is 5.41 Å². The summed E-state index contributed by atoms with van der Waals surface area (Å²) in [6, 6.07) is 0.484. The number of hydrogen-bond acceptors (Lipinski definition) is 6. The third kappa shape index (κ3) is 6.56. The highest BCUT2D eigenvalue weighted by Crippen LogP contribution is 2.22. The van der Waals surface area contributed by atoms with Crippen molar-refractivity contribution in [1.82, 2.24) is 20.1 Å². The number of nitrogens with zero attached hydrogens (tertiary/aromatic N) is 3. The zero-order chi connectivity index (χ0) is 18.7. The van der Waals surface area contributed by atoms with Crippen molar-refractivity contribution >= 4 is 53.1 Å². The average Bonchev–Trinajstić information content (AvgIpc) is 3.24. The first kappa shape index (κ1) is 25.1. The van der Waals surface area contributed by atoms with Crippen LogP contribution in [0, 0.1) is 5.41 Å².